The van der Waals surface area contributed by atoms with Crippen LogP contribution in [0, 0.1) is 0 Å². The SMILES string of the molecule is CCN(CC)Cc1cn2c(n1)CN(Cc1ccsc1)CC2. The van der Waals surface area contributed by atoms with Crippen molar-refractivity contribution in [2.24, 2.45) is 0 Å². The van der Waals surface area contributed by atoms with Crippen LogP contribution in [0.5, 0.6) is 0 Å². The minimum absolute atomic E-state index is 0.966. The Morgan fingerprint density at radius 1 is 1.29 bits per heavy atom. The van der Waals surface area contributed by atoms with E-state index in [1.54, 1.807) is 11.3 Å². The molecule has 1 aliphatic heterocycles. The number of hydrogen-bond acceptors (Lipinski definition) is 4. The van der Waals surface area contributed by atoms with Crippen LogP contribution in [-0.4, -0.2) is 39.0 Å². The van der Waals surface area contributed by atoms with Gasteiger partial charge in [-0.05, 0) is 35.5 Å². The molecule has 114 valence electrons. The molecule has 0 fully saturated rings. The molecular formula is C16H24N4S. The predicted octanol–water partition coefficient (Wildman–Crippen LogP) is 2.80. The van der Waals surface area contributed by atoms with Crippen LogP contribution in [0.1, 0.15) is 30.9 Å². The van der Waals surface area contributed by atoms with Crippen molar-refractivity contribution in [2.75, 3.05) is 19.6 Å². The van der Waals surface area contributed by atoms with E-state index in [4.69, 9.17) is 4.98 Å². The van der Waals surface area contributed by atoms with Crippen molar-refractivity contribution >= 4 is 11.3 Å². The molecule has 0 atom stereocenters. The summed E-state index contributed by atoms with van der Waals surface area (Å²) in [6.45, 7) is 11.7. The first-order valence-electron chi connectivity index (χ1n) is 7.79. The fourth-order valence-corrected chi connectivity index (χ4v) is 3.55. The van der Waals surface area contributed by atoms with Gasteiger partial charge in [0.05, 0.1) is 12.2 Å². The molecule has 0 aromatic carbocycles. The van der Waals surface area contributed by atoms with E-state index >= 15 is 0 Å². The lowest BCUT2D eigenvalue weighted by atomic mass is 10.3. The van der Waals surface area contributed by atoms with Crippen LogP contribution in [-0.2, 0) is 26.2 Å². The van der Waals surface area contributed by atoms with Crippen LogP contribution in [0.2, 0.25) is 0 Å². The number of nitrogens with zero attached hydrogens (tertiary/aromatic N) is 4. The van der Waals surface area contributed by atoms with Crippen LogP contribution in [0.25, 0.3) is 0 Å². The summed E-state index contributed by atoms with van der Waals surface area (Å²) in [5.41, 5.74) is 2.63. The predicted molar refractivity (Wildman–Crippen MR) is 87.3 cm³/mol. The molecule has 2 aromatic heterocycles. The topological polar surface area (TPSA) is 24.3 Å². The maximum atomic E-state index is 4.85. The van der Waals surface area contributed by atoms with Gasteiger partial charge in [0.25, 0.3) is 0 Å². The van der Waals surface area contributed by atoms with Gasteiger partial charge in [-0.2, -0.15) is 11.3 Å². The van der Waals surface area contributed by atoms with Crippen LogP contribution < -0.4 is 0 Å². The van der Waals surface area contributed by atoms with E-state index in [9.17, 15) is 0 Å². The minimum atomic E-state index is 0.966. The van der Waals surface area contributed by atoms with Crippen molar-refractivity contribution in [3.8, 4) is 0 Å². The van der Waals surface area contributed by atoms with E-state index in [2.05, 4.69) is 51.2 Å². The zero-order chi connectivity index (χ0) is 14.7. The highest BCUT2D eigenvalue weighted by molar-refractivity contribution is 7.07. The van der Waals surface area contributed by atoms with E-state index in [0.29, 0.717) is 0 Å². The van der Waals surface area contributed by atoms with Gasteiger partial charge >= 0.3 is 0 Å². The van der Waals surface area contributed by atoms with Crippen molar-refractivity contribution in [1.29, 1.82) is 0 Å². The summed E-state index contributed by atoms with van der Waals surface area (Å²) in [6.07, 6.45) is 2.25. The van der Waals surface area contributed by atoms with Crippen molar-refractivity contribution in [1.82, 2.24) is 19.4 Å². The quantitative estimate of drug-likeness (QED) is 0.820. The van der Waals surface area contributed by atoms with Gasteiger partial charge in [-0.25, -0.2) is 4.98 Å². The lowest BCUT2D eigenvalue weighted by Gasteiger charge is -2.27. The van der Waals surface area contributed by atoms with E-state index in [1.165, 1.54) is 17.1 Å². The summed E-state index contributed by atoms with van der Waals surface area (Å²) in [5.74, 6) is 1.22. The largest absolute Gasteiger partial charge is 0.332 e. The normalized spacial score (nSPS) is 15.6. The molecule has 4 nitrogen and oxygen atoms in total. The number of imidazole rings is 1. The standard InChI is InChI=1S/C16H24N4S/c1-3-18(4-2)10-15-11-20-7-6-19(12-16(20)17-15)9-14-5-8-21-13-14/h5,8,11,13H,3-4,6-7,9-10,12H2,1-2H3. The van der Waals surface area contributed by atoms with Crippen LogP contribution in [0.4, 0.5) is 0 Å². The molecule has 0 saturated carbocycles. The molecular weight excluding hydrogens is 280 g/mol. The second-order valence-corrected chi connectivity index (χ2v) is 6.43. The highest BCUT2D eigenvalue weighted by Gasteiger charge is 2.19. The molecule has 0 radical (unpaired) electrons. The molecule has 21 heavy (non-hydrogen) atoms. The van der Waals surface area contributed by atoms with E-state index in [1.807, 2.05) is 0 Å². The minimum Gasteiger partial charge on any atom is -0.332 e. The summed E-state index contributed by atoms with van der Waals surface area (Å²) in [6, 6.07) is 2.22. The Bertz CT molecular complexity index is 557. The molecule has 0 N–H and O–H groups in total. The van der Waals surface area contributed by atoms with Gasteiger partial charge in [0.2, 0.25) is 0 Å². The number of aromatic nitrogens is 2. The Morgan fingerprint density at radius 3 is 2.86 bits per heavy atom. The molecule has 1 aliphatic rings. The van der Waals surface area contributed by atoms with E-state index in [-0.39, 0.29) is 0 Å². The summed E-state index contributed by atoms with van der Waals surface area (Å²) >= 11 is 1.78. The van der Waals surface area contributed by atoms with Crippen molar-refractivity contribution in [3.63, 3.8) is 0 Å². The molecule has 2 aromatic rings. The molecule has 3 heterocycles. The van der Waals surface area contributed by atoms with Gasteiger partial charge in [0.1, 0.15) is 5.82 Å². The average Bonchev–Trinajstić information content (AvgIpc) is 3.13. The Balaban J connectivity index is 1.64. The van der Waals surface area contributed by atoms with Gasteiger partial charge < -0.3 is 4.57 Å². The molecule has 5 heteroatoms. The maximum absolute atomic E-state index is 4.85. The highest BCUT2D eigenvalue weighted by Crippen LogP contribution is 2.17. The van der Waals surface area contributed by atoms with Crippen molar-refractivity contribution in [3.05, 3.63) is 40.1 Å². The molecule has 0 aliphatic carbocycles. The van der Waals surface area contributed by atoms with Crippen LogP contribution in [0.15, 0.2) is 23.0 Å². The van der Waals surface area contributed by atoms with Gasteiger partial charge in [-0.3, -0.25) is 9.80 Å². The lowest BCUT2D eigenvalue weighted by molar-refractivity contribution is 0.209. The average molecular weight is 304 g/mol. The smallest absolute Gasteiger partial charge is 0.123 e. The monoisotopic (exact) mass is 304 g/mol. The summed E-state index contributed by atoms with van der Waals surface area (Å²) in [5, 5.41) is 4.40. The second-order valence-electron chi connectivity index (χ2n) is 5.65. The fourth-order valence-electron chi connectivity index (χ4n) is 2.89. The zero-order valence-electron chi connectivity index (χ0n) is 13.0. The van der Waals surface area contributed by atoms with E-state index in [0.717, 1.165) is 45.8 Å². The number of rotatable bonds is 6. The summed E-state index contributed by atoms with van der Waals surface area (Å²) in [7, 11) is 0. The van der Waals surface area contributed by atoms with E-state index < -0.39 is 0 Å². The molecule has 0 saturated heterocycles. The highest BCUT2D eigenvalue weighted by atomic mass is 32.1. The molecule has 3 rings (SSSR count). The Morgan fingerprint density at radius 2 is 2.14 bits per heavy atom. The first-order chi connectivity index (χ1) is 10.3. The lowest BCUT2D eigenvalue weighted by Crippen LogP contribution is -2.33. The number of hydrogen-bond donors (Lipinski definition) is 0. The fraction of sp³-hybridized carbons (Fsp3) is 0.562. The summed E-state index contributed by atoms with van der Waals surface area (Å²) < 4.78 is 2.34. The van der Waals surface area contributed by atoms with Crippen LogP contribution in [0.3, 0.4) is 0 Å². The Labute approximate surface area is 131 Å². The number of thiophene rings is 1. The first kappa shape index (κ1) is 14.8. The Hall–Kier alpha value is -1.17. The molecule has 0 bridgehead atoms. The first-order valence-corrected chi connectivity index (χ1v) is 8.73. The molecule has 0 unspecified atom stereocenters. The second kappa shape index (κ2) is 6.73. The van der Waals surface area contributed by atoms with Gasteiger partial charge in [-0.15, -0.1) is 0 Å². The van der Waals surface area contributed by atoms with Gasteiger partial charge in [0, 0.05) is 32.4 Å². The summed E-state index contributed by atoms with van der Waals surface area (Å²) in [4.78, 5) is 9.75. The zero-order valence-corrected chi connectivity index (χ0v) is 13.8. The third-order valence-corrected chi connectivity index (χ3v) is 4.93. The molecule has 0 amide bonds. The van der Waals surface area contributed by atoms with Crippen molar-refractivity contribution < 1.29 is 0 Å². The van der Waals surface area contributed by atoms with Gasteiger partial charge in [0.15, 0.2) is 0 Å². The maximum Gasteiger partial charge on any atom is 0.123 e. The van der Waals surface area contributed by atoms with Gasteiger partial charge in [-0.1, -0.05) is 13.8 Å². The van der Waals surface area contributed by atoms with Crippen LogP contribution >= 0.6 is 11.3 Å². The molecule has 0 spiro atoms. The third kappa shape index (κ3) is 3.54. The Kier molecular flexibility index (Phi) is 4.73. The third-order valence-electron chi connectivity index (χ3n) is 4.20. The van der Waals surface area contributed by atoms with Crippen molar-refractivity contribution in [2.45, 2.75) is 40.0 Å². The number of fused-ring (bicyclic) bond motifs is 1.